The summed E-state index contributed by atoms with van der Waals surface area (Å²) in [4.78, 5) is 0. The van der Waals surface area contributed by atoms with Crippen LogP contribution in [0.4, 0.5) is 0 Å². The highest BCUT2D eigenvalue weighted by atomic mass is 32.2. The quantitative estimate of drug-likeness (QED) is 0.651. The SMILES string of the molecule is CC1CNCC(C(C)C)SC1. The van der Waals surface area contributed by atoms with Gasteiger partial charge >= 0.3 is 0 Å². The molecule has 1 nitrogen and oxygen atoms in total. The van der Waals surface area contributed by atoms with E-state index < -0.39 is 0 Å². The molecule has 1 N–H and O–H groups in total. The van der Waals surface area contributed by atoms with E-state index in [0.29, 0.717) is 0 Å². The summed E-state index contributed by atoms with van der Waals surface area (Å²) in [5.41, 5.74) is 0. The predicted octanol–water partition coefficient (Wildman–Crippen LogP) is 1.98. The Morgan fingerprint density at radius 1 is 1.36 bits per heavy atom. The van der Waals surface area contributed by atoms with E-state index in [9.17, 15) is 0 Å². The Kier molecular flexibility index (Phi) is 3.73. The molecule has 1 fully saturated rings. The molecule has 0 amide bonds. The molecule has 0 bridgehead atoms. The maximum Gasteiger partial charge on any atom is 0.0195 e. The van der Waals surface area contributed by atoms with Gasteiger partial charge in [-0.1, -0.05) is 20.8 Å². The molecule has 11 heavy (non-hydrogen) atoms. The van der Waals surface area contributed by atoms with Crippen molar-refractivity contribution in [2.75, 3.05) is 18.8 Å². The van der Waals surface area contributed by atoms with Gasteiger partial charge in [-0.25, -0.2) is 0 Å². The molecule has 2 atom stereocenters. The summed E-state index contributed by atoms with van der Waals surface area (Å²) >= 11 is 2.14. The van der Waals surface area contributed by atoms with E-state index in [-0.39, 0.29) is 0 Å². The first-order valence-corrected chi connectivity index (χ1v) is 5.57. The van der Waals surface area contributed by atoms with Gasteiger partial charge < -0.3 is 5.32 Å². The van der Waals surface area contributed by atoms with Crippen LogP contribution in [0.1, 0.15) is 20.8 Å². The molecular formula is C9H19NS. The Bertz CT molecular complexity index is 114. The Hall–Kier alpha value is 0.310. The Balaban J connectivity index is 2.34. The molecule has 0 spiro atoms. The van der Waals surface area contributed by atoms with E-state index in [2.05, 4.69) is 37.8 Å². The summed E-state index contributed by atoms with van der Waals surface area (Å²) in [7, 11) is 0. The molecular weight excluding hydrogens is 154 g/mol. The van der Waals surface area contributed by atoms with Crippen molar-refractivity contribution in [2.24, 2.45) is 11.8 Å². The van der Waals surface area contributed by atoms with Crippen molar-refractivity contribution in [1.29, 1.82) is 0 Å². The van der Waals surface area contributed by atoms with Crippen LogP contribution in [0.2, 0.25) is 0 Å². The van der Waals surface area contributed by atoms with Crippen LogP contribution in [-0.4, -0.2) is 24.1 Å². The molecule has 0 radical (unpaired) electrons. The van der Waals surface area contributed by atoms with E-state index in [1.165, 1.54) is 18.8 Å². The zero-order valence-corrected chi connectivity index (χ0v) is 8.58. The van der Waals surface area contributed by atoms with Crippen molar-refractivity contribution in [2.45, 2.75) is 26.0 Å². The summed E-state index contributed by atoms with van der Waals surface area (Å²) in [6.45, 7) is 9.36. The van der Waals surface area contributed by atoms with Gasteiger partial charge in [-0.3, -0.25) is 0 Å². The molecule has 0 aromatic carbocycles. The second kappa shape index (κ2) is 4.36. The van der Waals surface area contributed by atoms with Gasteiger partial charge in [0.1, 0.15) is 0 Å². The van der Waals surface area contributed by atoms with E-state index >= 15 is 0 Å². The highest BCUT2D eigenvalue weighted by Crippen LogP contribution is 2.23. The van der Waals surface area contributed by atoms with E-state index in [0.717, 1.165) is 17.1 Å². The Labute approximate surface area is 74.3 Å². The lowest BCUT2D eigenvalue weighted by Gasteiger charge is -2.17. The zero-order valence-electron chi connectivity index (χ0n) is 7.76. The second-order valence-electron chi connectivity index (χ2n) is 3.88. The highest BCUT2D eigenvalue weighted by Gasteiger charge is 2.18. The molecule has 1 aliphatic rings. The molecule has 1 aliphatic heterocycles. The summed E-state index contributed by atoms with van der Waals surface area (Å²) in [5.74, 6) is 3.00. The summed E-state index contributed by atoms with van der Waals surface area (Å²) in [5, 5.41) is 4.34. The number of thioether (sulfide) groups is 1. The van der Waals surface area contributed by atoms with Crippen LogP contribution in [0.3, 0.4) is 0 Å². The normalized spacial score (nSPS) is 33.8. The fourth-order valence-electron chi connectivity index (χ4n) is 1.31. The first kappa shape index (κ1) is 9.40. The number of rotatable bonds is 1. The maximum atomic E-state index is 3.51. The van der Waals surface area contributed by atoms with Crippen molar-refractivity contribution in [3.63, 3.8) is 0 Å². The van der Waals surface area contributed by atoms with Crippen LogP contribution >= 0.6 is 11.8 Å². The molecule has 2 heteroatoms. The van der Waals surface area contributed by atoms with E-state index in [4.69, 9.17) is 0 Å². The molecule has 1 saturated heterocycles. The molecule has 66 valence electrons. The fraction of sp³-hybridized carbons (Fsp3) is 1.00. The van der Waals surface area contributed by atoms with Crippen LogP contribution in [0.15, 0.2) is 0 Å². The predicted molar refractivity (Wildman–Crippen MR) is 53.1 cm³/mol. The van der Waals surface area contributed by atoms with Crippen LogP contribution in [0.5, 0.6) is 0 Å². The molecule has 1 rings (SSSR count). The summed E-state index contributed by atoms with van der Waals surface area (Å²) in [6.07, 6.45) is 0. The van der Waals surface area contributed by atoms with Crippen molar-refractivity contribution in [3.05, 3.63) is 0 Å². The van der Waals surface area contributed by atoms with Gasteiger partial charge in [0.05, 0.1) is 0 Å². The average Bonchev–Trinajstić information content (AvgIpc) is 2.13. The average molecular weight is 173 g/mol. The zero-order chi connectivity index (χ0) is 8.27. The maximum absolute atomic E-state index is 3.51. The minimum atomic E-state index is 0.817. The molecule has 0 aromatic rings. The van der Waals surface area contributed by atoms with Gasteiger partial charge in [0.25, 0.3) is 0 Å². The van der Waals surface area contributed by atoms with Gasteiger partial charge in [-0.05, 0) is 24.1 Å². The van der Waals surface area contributed by atoms with Gasteiger partial charge in [0.2, 0.25) is 0 Å². The minimum absolute atomic E-state index is 0.817. The van der Waals surface area contributed by atoms with E-state index in [1.807, 2.05) is 0 Å². The lowest BCUT2D eigenvalue weighted by atomic mass is 10.1. The number of hydrogen-bond donors (Lipinski definition) is 1. The summed E-state index contributed by atoms with van der Waals surface area (Å²) < 4.78 is 0. The number of hydrogen-bond acceptors (Lipinski definition) is 2. The smallest absolute Gasteiger partial charge is 0.0195 e. The molecule has 0 aromatic heterocycles. The molecule has 2 unspecified atom stereocenters. The van der Waals surface area contributed by atoms with Crippen molar-refractivity contribution in [1.82, 2.24) is 5.32 Å². The van der Waals surface area contributed by atoms with Gasteiger partial charge in [-0.2, -0.15) is 11.8 Å². The third kappa shape index (κ3) is 3.04. The van der Waals surface area contributed by atoms with Gasteiger partial charge in [-0.15, -0.1) is 0 Å². The first-order chi connectivity index (χ1) is 5.20. The molecule has 0 aliphatic carbocycles. The van der Waals surface area contributed by atoms with Crippen LogP contribution in [-0.2, 0) is 0 Å². The second-order valence-corrected chi connectivity index (χ2v) is 5.15. The van der Waals surface area contributed by atoms with Gasteiger partial charge in [0.15, 0.2) is 0 Å². The van der Waals surface area contributed by atoms with Crippen molar-refractivity contribution >= 4 is 11.8 Å². The van der Waals surface area contributed by atoms with Crippen LogP contribution in [0.25, 0.3) is 0 Å². The minimum Gasteiger partial charge on any atom is -0.315 e. The standard InChI is InChI=1S/C9H19NS/c1-7(2)9-5-10-4-8(3)6-11-9/h7-10H,4-6H2,1-3H3. The Morgan fingerprint density at radius 3 is 2.73 bits per heavy atom. The fourth-order valence-corrected chi connectivity index (χ4v) is 2.62. The largest absolute Gasteiger partial charge is 0.315 e. The highest BCUT2D eigenvalue weighted by molar-refractivity contribution is 7.99. The topological polar surface area (TPSA) is 12.0 Å². The summed E-state index contributed by atoms with van der Waals surface area (Å²) in [6, 6.07) is 0. The first-order valence-electron chi connectivity index (χ1n) is 4.52. The van der Waals surface area contributed by atoms with Crippen molar-refractivity contribution in [3.8, 4) is 0 Å². The third-order valence-corrected chi connectivity index (χ3v) is 4.08. The van der Waals surface area contributed by atoms with Crippen molar-refractivity contribution < 1.29 is 0 Å². The Morgan fingerprint density at radius 2 is 2.09 bits per heavy atom. The van der Waals surface area contributed by atoms with E-state index in [1.54, 1.807) is 0 Å². The molecule has 0 saturated carbocycles. The van der Waals surface area contributed by atoms with Crippen LogP contribution < -0.4 is 5.32 Å². The third-order valence-electron chi connectivity index (χ3n) is 2.18. The molecule has 1 heterocycles. The monoisotopic (exact) mass is 173 g/mol. The lowest BCUT2D eigenvalue weighted by molar-refractivity contribution is 0.529. The van der Waals surface area contributed by atoms with Gasteiger partial charge in [0, 0.05) is 11.8 Å². The van der Waals surface area contributed by atoms with Crippen LogP contribution in [0, 0.1) is 11.8 Å². The lowest BCUT2D eigenvalue weighted by Crippen LogP contribution is -2.27. The number of nitrogens with one attached hydrogen (secondary N) is 1.